The molecule has 6 rings (SSSR count). The molecule has 0 bridgehead atoms. The summed E-state index contributed by atoms with van der Waals surface area (Å²) in [6.07, 6.45) is 0. The Bertz CT molecular complexity index is 1610. The minimum Gasteiger partial charge on any atom is -0.338 e. The Kier molecular flexibility index (Phi) is 6.43. The summed E-state index contributed by atoms with van der Waals surface area (Å²) in [6.45, 7) is 0.695. The van der Waals surface area contributed by atoms with Crippen molar-refractivity contribution in [2.75, 3.05) is 13.2 Å². The lowest BCUT2D eigenvalue weighted by atomic mass is 10.1. The number of nitrogens with zero attached hydrogens (tertiary/aromatic N) is 2. The summed E-state index contributed by atoms with van der Waals surface area (Å²) in [6, 6.07) is 17.2. The van der Waals surface area contributed by atoms with Gasteiger partial charge in [0, 0.05) is 56.7 Å². The summed E-state index contributed by atoms with van der Waals surface area (Å²) in [5, 5.41) is 2.31. The van der Waals surface area contributed by atoms with Crippen LogP contribution in [-0.2, 0) is 26.7 Å². The van der Waals surface area contributed by atoms with Crippen molar-refractivity contribution in [1.82, 2.24) is 9.13 Å². The Labute approximate surface area is 214 Å². The maximum atomic E-state index is 13.8. The van der Waals surface area contributed by atoms with Gasteiger partial charge in [0.05, 0.1) is 13.2 Å². The number of aromatic nitrogens is 2. The van der Waals surface area contributed by atoms with E-state index >= 15 is 0 Å². The quantitative estimate of drug-likeness (QED) is 0.148. The molecule has 0 radical (unpaired) electrons. The second-order valence-electron chi connectivity index (χ2n) is 8.90. The van der Waals surface area contributed by atoms with Crippen molar-refractivity contribution in [2.45, 2.75) is 13.1 Å². The normalized spacial score (nSPS) is 12.1. The first kappa shape index (κ1) is 24.7. The lowest BCUT2D eigenvalue weighted by Gasteiger charge is -2.10. The molecule has 10 heteroatoms. The van der Waals surface area contributed by atoms with Crippen molar-refractivity contribution >= 4 is 51.9 Å². The fraction of sp³-hybridized carbons (Fsp3) is 0.143. The Hall–Kier alpha value is -3.65. The summed E-state index contributed by atoms with van der Waals surface area (Å²) in [5.74, 6) is -1.69. The number of hydrogen-bond acceptors (Lipinski definition) is 3. The van der Waals surface area contributed by atoms with E-state index in [2.05, 4.69) is 0 Å². The summed E-state index contributed by atoms with van der Waals surface area (Å²) in [5.41, 5.74) is 2.82. The van der Waals surface area contributed by atoms with Crippen LogP contribution in [0.15, 0.2) is 72.8 Å². The Morgan fingerprint density at radius 2 is 0.816 bits per heavy atom. The van der Waals surface area contributed by atoms with Gasteiger partial charge >= 0.3 is 8.25 Å². The van der Waals surface area contributed by atoms with Crippen LogP contribution in [0.25, 0.3) is 43.6 Å². The van der Waals surface area contributed by atoms with Gasteiger partial charge in [0.15, 0.2) is 0 Å². The van der Waals surface area contributed by atoms with Crippen molar-refractivity contribution in [1.29, 1.82) is 0 Å². The second kappa shape index (κ2) is 9.91. The molecule has 0 aliphatic heterocycles. The van der Waals surface area contributed by atoms with Gasteiger partial charge in [-0.2, -0.15) is 0 Å². The highest BCUT2D eigenvalue weighted by atomic mass is 31.1. The monoisotopic (exact) mass is 540 g/mol. The minimum atomic E-state index is -2.85. The van der Waals surface area contributed by atoms with Crippen molar-refractivity contribution in [3.05, 3.63) is 96.1 Å². The lowest BCUT2D eigenvalue weighted by molar-refractivity contribution is 0.216. The highest BCUT2D eigenvalue weighted by molar-refractivity contribution is 7.33. The summed E-state index contributed by atoms with van der Waals surface area (Å²) < 4.78 is 82.4. The average Bonchev–Trinajstić information content (AvgIpc) is 3.35. The zero-order valence-corrected chi connectivity index (χ0v) is 20.9. The van der Waals surface area contributed by atoms with Gasteiger partial charge in [-0.3, -0.25) is 4.57 Å². The van der Waals surface area contributed by atoms with Crippen LogP contribution < -0.4 is 0 Å². The van der Waals surface area contributed by atoms with Gasteiger partial charge < -0.3 is 18.2 Å². The third kappa shape index (κ3) is 4.47. The highest BCUT2D eigenvalue weighted by Gasteiger charge is 2.14. The van der Waals surface area contributed by atoms with Gasteiger partial charge in [-0.05, 0) is 72.8 Å². The predicted octanol–water partition coefficient (Wildman–Crippen LogP) is 7.58. The molecule has 0 saturated heterocycles. The number of benzene rings is 4. The van der Waals surface area contributed by atoms with Crippen LogP contribution in [0.5, 0.6) is 0 Å². The first-order valence-corrected chi connectivity index (χ1v) is 13.1. The predicted molar refractivity (Wildman–Crippen MR) is 140 cm³/mol. The topological polar surface area (TPSA) is 45.4 Å². The van der Waals surface area contributed by atoms with E-state index in [4.69, 9.17) is 9.05 Å². The molecule has 194 valence electrons. The molecule has 0 unspecified atom stereocenters. The Balaban J connectivity index is 1.14. The van der Waals surface area contributed by atoms with E-state index in [1.54, 1.807) is 24.3 Å². The van der Waals surface area contributed by atoms with Gasteiger partial charge in [-0.25, -0.2) is 17.6 Å². The number of fused-ring (bicyclic) bond motifs is 6. The van der Waals surface area contributed by atoms with E-state index in [9.17, 15) is 22.1 Å². The van der Waals surface area contributed by atoms with E-state index < -0.39 is 31.5 Å². The second-order valence-corrected chi connectivity index (χ2v) is 9.97. The fourth-order valence-electron chi connectivity index (χ4n) is 5.06. The molecule has 0 amide bonds. The number of rotatable bonds is 8. The summed E-state index contributed by atoms with van der Waals surface area (Å²) in [7, 11) is -2.85. The molecule has 5 nitrogen and oxygen atoms in total. The van der Waals surface area contributed by atoms with Crippen LogP contribution in [0, 0.1) is 23.3 Å². The van der Waals surface area contributed by atoms with Crippen LogP contribution in [-0.4, -0.2) is 22.3 Å². The largest absolute Gasteiger partial charge is 0.338 e. The van der Waals surface area contributed by atoms with E-state index in [1.807, 2.05) is 9.13 Å². The molecule has 2 heterocycles. The molecule has 0 saturated carbocycles. The fourth-order valence-corrected chi connectivity index (χ4v) is 5.66. The van der Waals surface area contributed by atoms with E-state index in [-0.39, 0.29) is 13.2 Å². The molecule has 0 aliphatic carbocycles. The minimum absolute atomic E-state index is 0.0549. The molecule has 0 atom stereocenters. The summed E-state index contributed by atoms with van der Waals surface area (Å²) >= 11 is 0. The van der Waals surface area contributed by atoms with Gasteiger partial charge in [0.25, 0.3) is 0 Å². The van der Waals surface area contributed by atoms with Gasteiger partial charge in [0.2, 0.25) is 0 Å². The molecule has 0 fully saturated rings. The molecular formula is C28H21F4N2O3P. The molecule has 6 aromatic rings. The Morgan fingerprint density at radius 1 is 0.526 bits per heavy atom. The van der Waals surface area contributed by atoms with Crippen molar-refractivity contribution < 1.29 is 31.2 Å². The number of halogens is 4. The van der Waals surface area contributed by atoms with E-state index in [1.165, 1.54) is 48.5 Å². The van der Waals surface area contributed by atoms with Crippen LogP contribution in [0.4, 0.5) is 17.6 Å². The standard InChI is InChI=1S/C28H21F4N2O3P/c29-17-1-5-25-21(13-17)22-14-18(30)2-6-26(22)33(25)9-11-36-38(35)37-12-10-34-27-7-3-19(31)15-23(27)24-16-20(32)4-8-28(24)34/h1-8,13-16,38H,9-12H2. The third-order valence-electron chi connectivity index (χ3n) is 6.65. The molecule has 0 spiro atoms. The van der Waals surface area contributed by atoms with Crippen LogP contribution >= 0.6 is 8.25 Å². The number of hydrogen-bond donors (Lipinski definition) is 0. The zero-order chi connectivity index (χ0) is 26.4. The average molecular weight is 540 g/mol. The Morgan fingerprint density at radius 3 is 1.11 bits per heavy atom. The van der Waals surface area contributed by atoms with Crippen molar-refractivity contribution in [2.24, 2.45) is 0 Å². The maximum Gasteiger partial charge on any atom is 0.319 e. The first-order chi connectivity index (χ1) is 18.4. The lowest BCUT2D eigenvalue weighted by Crippen LogP contribution is -2.05. The zero-order valence-electron chi connectivity index (χ0n) is 19.9. The third-order valence-corrected chi connectivity index (χ3v) is 7.53. The molecule has 38 heavy (non-hydrogen) atoms. The maximum absolute atomic E-state index is 13.8. The smallest absolute Gasteiger partial charge is 0.319 e. The first-order valence-electron chi connectivity index (χ1n) is 11.9. The summed E-state index contributed by atoms with van der Waals surface area (Å²) in [4.78, 5) is 0. The molecule has 4 aromatic carbocycles. The SMILES string of the molecule is O=[PH](OCCn1c2ccc(F)cc2c2cc(F)ccc21)OCCn1c2ccc(F)cc2c2cc(F)ccc21. The van der Waals surface area contributed by atoms with Gasteiger partial charge in [-0.1, -0.05) is 0 Å². The van der Waals surface area contributed by atoms with E-state index in [0.717, 1.165) is 0 Å². The molecule has 2 aromatic heterocycles. The van der Waals surface area contributed by atoms with Crippen LogP contribution in [0.1, 0.15) is 0 Å². The van der Waals surface area contributed by atoms with Crippen molar-refractivity contribution in [3.8, 4) is 0 Å². The highest BCUT2D eigenvalue weighted by Crippen LogP contribution is 2.33. The van der Waals surface area contributed by atoms with Gasteiger partial charge in [0.1, 0.15) is 23.3 Å². The molecule has 0 aliphatic rings. The molecular weight excluding hydrogens is 519 g/mol. The van der Waals surface area contributed by atoms with Gasteiger partial charge in [-0.15, -0.1) is 0 Å². The van der Waals surface area contributed by atoms with E-state index in [0.29, 0.717) is 56.7 Å². The van der Waals surface area contributed by atoms with Crippen molar-refractivity contribution in [3.63, 3.8) is 0 Å². The van der Waals surface area contributed by atoms with Crippen LogP contribution in [0.2, 0.25) is 0 Å². The van der Waals surface area contributed by atoms with Crippen LogP contribution in [0.3, 0.4) is 0 Å². The molecule has 0 N–H and O–H groups in total.